The summed E-state index contributed by atoms with van der Waals surface area (Å²) >= 11 is 0. The first-order valence-electron chi connectivity index (χ1n) is 41.0. The number of ether oxygens (including phenoxy) is 4. The number of quaternary nitrogens is 1. The second-order valence-electron chi connectivity index (χ2n) is 28.3. The van der Waals surface area contributed by atoms with Crippen LogP contribution in [-0.4, -0.2) is 82.3 Å². The Kier molecular flexibility index (Phi) is 75.0. The van der Waals surface area contributed by atoms with E-state index in [1.165, 1.54) is 199 Å². The molecular weight excluding hydrogens is 1220 g/mol. The smallest absolute Gasteiger partial charge is 0.306 e. The van der Waals surface area contributed by atoms with Gasteiger partial charge in [-0.1, -0.05) is 359 Å². The molecule has 0 rings (SSSR count). The molecule has 0 saturated carbocycles. The largest absolute Gasteiger partial charge is 0.545 e. The van der Waals surface area contributed by atoms with Gasteiger partial charge in [-0.2, -0.15) is 0 Å². The quantitative estimate of drug-likeness (QED) is 0.0195. The van der Waals surface area contributed by atoms with Crippen molar-refractivity contribution in [3.05, 3.63) is 146 Å². The topological polar surface area (TPSA) is 111 Å². The number of carboxylic acid groups (broad SMARTS) is 1. The lowest BCUT2D eigenvalue weighted by Crippen LogP contribution is -2.44. The van der Waals surface area contributed by atoms with E-state index >= 15 is 0 Å². The van der Waals surface area contributed by atoms with Crippen LogP contribution in [-0.2, 0) is 33.3 Å². The summed E-state index contributed by atoms with van der Waals surface area (Å²) in [5.74, 6) is -2.29. The molecule has 566 valence electrons. The number of hydrogen-bond acceptors (Lipinski definition) is 8. The highest BCUT2D eigenvalue weighted by atomic mass is 16.7. The molecule has 0 heterocycles. The summed E-state index contributed by atoms with van der Waals surface area (Å²) in [6, 6.07) is 0. The number of aliphatic carboxylic acids is 1. The summed E-state index contributed by atoms with van der Waals surface area (Å²) in [5.41, 5.74) is 0. The Morgan fingerprint density at radius 3 is 0.859 bits per heavy atom. The van der Waals surface area contributed by atoms with Crippen molar-refractivity contribution in [3.63, 3.8) is 0 Å². The Morgan fingerprint density at radius 2 is 0.576 bits per heavy atom. The Bertz CT molecular complexity index is 2150. The van der Waals surface area contributed by atoms with Crippen LogP contribution >= 0.6 is 0 Å². The predicted molar refractivity (Wildman–Crippen MR) is 426 cm³/mol. The van der Waals surface area contributed by atoms with Crippen molar-refractivity contribution in [3.8, 4) is 0 Å². The summed E-state index contributed by atoms with van der Waals surface area (Å²) in [4.78, 5) is 37.6. The van der Waals surface area contributed by atoms with Gasteiger partial charge in [0.25, 0.3) is 0 Å². The van der Waals surface area contributed by atoms with E-state index in [1.807, 2.05) is 21.1 Å². The zero-order valence-electron chi connectivity index (χ0n) is 64.8. The molecule has 0 spiro atoms. The summed E-state index contributed by atoms with van der Waals surface area (Å²) in [6.45, 7) is 4.64. The molecule has 0 aliphatic heterocycles. The second-order valence-corrected chi connectivity index (χ2v) is 28.3. The van der Waals surface area contributed by atoms with Crippen LogP contribution in [0.4, 0.5) is 0 Å². The number of rotatable bonds is 75. The van der Waals surface area contributed by atoms with Crippen LogP contribution in [0.25, 0.3) is 0 Å². The number of unbranched alkanes of at least 4 members (excludes halogenated alkanes) is 36. The normalized spacial score (nSPS) is 13.4. The van der Waals surface area contributed by atoms with E-state index in [0.29, 0.717) is 17.4 Å². The lowest BCUT2D eigenvalue weighted by Gasteiger charge is -2.26. The minimum Gasteiger partial charge on any atom is -0.545 e. The van der Waals surface area contributed by atoms with Crippen LogP contribution in [0.3, 0.4) is 0 Å². The van der Waals surface area contributed by atoms with E-state index in [4.69, 9.17) is 18.9 Å². The molecule has 2 unspecified atom stereocenters. The average molecular weight is 1380 g/mol. The molecule has 99 heavy (non-hydrogen) atoms. The van der Waals surface area contributed by atoms with E-state index in [1.54, 1.807) is 0 Å². The zero-order valence-corrected chi connectivity index (χ0v) is 64.8. The van der Waals surface area contributed by atoms with Crippen molar-refractivity contribution < 1.29 is 42.9 Å². The van der Waals surface area contributed by atoms with Crippen molar-refractivity contribution >= 4 is 17.9 Å². The zero-order chi connectivity index (χ0) is 71.8. The molecular formula is C90H153NO8. The van der Waals surface area contributed by atoms with Gasteiger partial charge in [0.2, 0.25) is 0 Å². The number of hydrogen-bond donors (Lipinski definition) is 0. The molecule has 0 saturated heterocycles. The lowest BCUT2D eigenvalue weighted by molar-refractivity contribution is -0.870. The monoisotopic (exact) mass is 1380 g/mol. The molecule has 0 aromatic rings. The van der Waals surface area contributed by atoms with Gasteiger partial charge in [0.05, 0.1) is 40.3 Å². The molecule has 0 bridgehead atoms. The fourth-order valence-corrected chi connectivity index (χ4v) is 11.4. The van der Waals surface area contributed by atoms with E-state index in [0.717, 1.165) is 116 Å². The van der Waals surface area contributed by atoms with Gasteiger partial charge in [0.1, 0.15) is 13.2 Å². The molecule has 0 aliphatic rings. The Hall–Kier alpha value is -4.83. The van der Waals surface area contributed by atoms with Crippen molar-refractivity contribution in [1.29, 1.82) is 0 Å². The van der Waals surface area contributed by atoms with Gasteiger partial charge in [-0.05, 0) is 122 Å². The molecule has 0 aromatic heterocycles. The highest BCUT2D eigenvalue weighted by molar-refractivity contribution is 5.70. The van der Waals surface area contributed by atoms with Gasteiger partial charge < -0.3 is 33.3 Å². The first-order chi connectivity index (χ1) is 48.6. The van der Waals surface area contributed by atoms with Crippen LogP contribution in [0.1, 0.15) is 348 Å². The van der Waals surface area contributed by atoms with Crippen molar-refractivity contribution in [2.45, 2.75) is 360 Å². The number of nitrogens with zero attached hydrogens (tertiary/aromatic N) is 1. The van der Waals surface area contributed by atoms with Gasteiger partial charge in [-0.25, -0.2) is 0 Å². The van der Waals surface area contributed by atoms with Crippen molar-refractivity contribution in [1.82, 2.24) is 0 Å². The Labute approximate surface area is 611 Å². The third-order valence-corrected chi connectivity index (χ3v) is 17.6. The first-order valence-corrected chi connectivity index (χ1v) is 41.0. The van der Waals surface area contributed by atoms with Crippen LogP contribution in [0.15, 0.2) is 146 Å². The third kappa shape index (κ3) is 80.4. The van der Waals surface area contributed by atoms with Crippen LogP contribution in [0.2, 0.25) is 0 Å². The summed E-state index contributed by atoms with van der Waals surface area (Å²) in [7, 11) is 5.93. The standard InChI is InChI=1S/C90H153NO8/c1-6-8-10-12-14-16-18-20-22-24-26-28-30-32-34-36-38-40-42-44-46-48-50-52-54-56-58-60-62-64-66-68-70-72-74-76-78-80-87(92)97-84-86(85-98-90(89(94)95)96-83-82-91(3,4)5)99-88(93)81-79-77-75-73-71-69-67-65-63-61-59-57-55-53-51-49-47-45-43-41-39-37-35-33-31-29-27-25-23-21-19-17-15-13-11-9-7-2/h9,11,15,17-18,20-21,23-24,26-27,29-30,32-33,35,39,41,45,47,51,53,57,59,86,90H,6-8,10,12-14,16,19,22,25,28,31,34,36-38,40,42-44,46,48-50,52,54-56,58,60-85H2,1-5H3/b11-9-,17-15-,20-18-,23-21-,26-24-,29-27-,32-30-,35-33-,41-39-,47-45-,53-51-,59-57-. The van der Waals surface area contributed by atoms with Crippen molar-refractivity contribution in [2.24, 2.45) is 0 Å². The van der Waals surface area contributed by atoms with Gasteiger partial charge >= 0.3 is 11.9 Å². The van der Waals surface area contributed by atoms with Crippen LogP contribution in [0, 0.1) is 0 Å². The maximum Gasteiger partial charge on any atom is 0.306 e. The predicted octanol–water partition coefficient (Wildman–Crippen LogP) is 25.3. The van der Waals surface area contributed by atoms with Gasteiger partial charge in [0, 0.05) is 12.8 Å². The van der Waals surface area contributed by atoms with Gasteiger partial charge in [0.15, 0.2) is 12.4 Å². The molecule has 0 aliphatic carbocycles. The van der Waals surface area contributed by atoms with E-state index in [2.05, 4.69) is 160 Å². The second kappa shape index (κ2) is 78.9. The molecule has 0 fully saturated rings. The molecule has 9 nitrogen and oxygen atoms in total. The molecule has 0 aromatic carbocycles. The Morgan fingerprint density at radius 1 is 0.313 bits per heavy atom. The van der Waals surface area contributed by atoms with E-state index < -0.39 is 24.3 Å². The summed E-state index contributed by atoms with van der Waals surface area (Å²) < 4.78 is 22.9. The number of likely N-dealkylation sites (N-methyl/N-ethyl adjacent to an activating group) is 1. The lowest BCUT2D eigenvalue weighted by atomic mass is 10.0. The highest BCUT2D eigenvalue weighted by Gasteiger charge is 2.22. The molecule has 9 heteroatoms. The molecule has 0 N–H and O–H groups in total. The average Bonchev–Trinajstić information content (AvgIpc) is 2.19. The SMILES string of the molecule is CC/C=C\C/C=C\C/C=C\C/C=C\C/C=C\C/C=C\C/C=C\C/C=C\C/C=C\CCCCCCCCCCCC(=O)OC(COC(=O)CCCCCCCCCCCCCCCCCCCCCCCC/C=C\C/C=C\C/C=C\CCCCCCC)COC(OCC[N+](C)(C)C)C(=O)[O-]. The molecule has 0 amide bonds. The summed E-state index contributed by atoms with van der Waals surface area (Å²) in [6.07, 6.45) is 113. The van der Waals surface area contributed by atoms with Crippen LogP contribution < -0.4 is 5.11 Å². The van der Waals surface area contributed by atoms with E-state index in [-0.39, 0.29) is 38.6 Å². The first kappa shape index (κ1) is 94.2. The van der Waals surface area contributed by atoms with Crippen molar-refractivity contribution in [2.75, 3.05) is 47.5 Å². The van der Waals surface area contributed by atoms with Gasteiger partial charge in [-0.3, -0.25) is 9.59 Å². The number of allylic oxidation sites excluding steroid dienone is 24. The fourth-order valence-electron chi connectivity index (χ4n) is 11.4. The minimum absolute atomic E-state index is 0.141. The highest BCUT2D eigenvalue weighted by Crippen LogP contribution is 2.18. The number of carbonyl (C=O) groups is 3. The molecule has 0 radical (unpaired) electrons. The number of carboxylic acids is 1. The van der Waals surface area contributed by atoms with Crippen LogP contribution in [0.5, 0.6) is 0 Å². The summed E-state index contributed by atoms with van der Waals surface area (Å²) in [5, 5.41) is 11.9. The third-order valence-electron chi connectivity index (χ3n) is 17.6. The number of carbonyl (C=O) groups excluding carboxylic acids is 3. The van der Waals surface area contributed by atoms with Gasteiger partial charge in [-0.15, -0.1) is 0 Å². The maximum absolute atomic E-state index is 13.0. The minimum atomic E-state index is -1.63. The molecule has 2 atom stereocenters. The number of esters is 2. The maximum atomic E-state index is 13.0. The fraction of sp³-hybridized carbons (Fsp3) is 0.700. The van der Waals surface area contributed by atoms with E-state index in [9.17, 15) is 19.5 Å². The Balaban J connectivity index is 4.06.